The monoisotopic (exact) mass is 325 g/mol. The van der Waals surface area contributed by atoms with Crippen molar-refractivity contribution in [3.63, 3.8) is 0 Å². The highest BCUT2D eigenvalue weighted by Gasteiger charge is 2.25. The molecule has 1 heterocycles. The van der Waals surface area contributed by atoms with E-state index in [1.807, 2.05) is 29.6 Å². The van der Waals surface area contributed by atoms with Crippen molar-refractivity contribution in [1.29, 1.82) is 0 Å². The molecule has 0 bridgehead atoms. The number of ether oxygens (including phenoxy) is 1. The number of hydrogen-bond acceptors (Lipinski definition) is 4. The van der Waals surface area contributed by atoms with Crippen LogP contribution in [0.15, 0.2) is 39.6 Å². The van der Waals surface area contributed by atoms with Crippen LogP contribution in [0.1, 0.15) is 24.1 Å². The van der Waals surface area contributed by atoms with Gasteiger partial charge in [-0.05, 0) is 24.6 Å². The summed E-state index contributed by atoms with van der Waals surface area (Å²) in [5, 5.41) is 1.88. The molecule has 0 spiro atoms. The molecule has 0 N–H and O–H groups in total. The van der Waals surface area contributed by atoms with Crippen LogP contribution in [0.25, 0.3) is 0 Å². The highest BCUT2D eigenvalue weighted by molar-refractivity contribution is 9.10. The molecule has 0 fully saturated rings. The van der Waals surface area contributed by atoms with E-state index >= 15 is 0 Å². The lowest BCUT2D eigenvalue weighted by Gasteiger charge is -2.14. The Bertz CT molecular complexity index is 528. The van der Waals surface area contributed by atoms with E-state index in [1.165, 1.54) is 11.3 Å². The molecule has 2 aromatic rings. The lowest BCUT2D eigenvalue weighted by Crippen LogP contribution is -2.17. The van der Waals surface area contributed by atoms with Crippen molar-refractivity contribution in [1.82, 2.24) is 4.98 Å². The number of carbonyl (C=O) groups excluding carboxylic acids is 1. The fourth-order valence-electron chi connectivity index (χ4n) is 1.70. The third kappa shape index (κ3) is 2.97. The van der Waals surface area contributed by atoms with Gasteiger partial charge in [0, 0.05) is 9.85 Å². The van der Waals surface area contributed by atoms with E-state index < -0.39 is 5.92 Å². The van der Waals surface area contributed by atoms with Crippen molar-refractivity contribution < 1.29 is 9.53 Å². The topological polar surface area (TPSA) is 39.2 Å². The molecule has 1 unspecified atom stereocenters. The smallest absolute Gasteiger partial charge is 0.319 e. The van der Waals surface area contributed by atoms with Gasteiger partial charge in [0.25, 0.3) is 0 Å². The maximum absolute atomic E-state index is 12.1. The Morgan fingerprint density at radius 2 is 2.39 bits per heavy atom. The number of esters is 1. The number of nitrogens with zero attached hydrogens (tertiary/aromatic N) is 1. The van der Waals surface area contributed by atoms with Crippen molar-refractivity contribution >= 4 is 33.2 Å². The summed E-state index contributed by atoms with van der Waals surface area (Å²) in [4.78, 5) is 16.3. The molecule has 0 aliphatic heterocycles. The number of thiazole rings is 1. The van der Waals surface area contributed by atoms with Crippen LogP contribution in [-0.4, -0.2) is 17.6 Å². The minimum atomic E-state index is -0.450. The summed E-state index contributed by atoms with van der Waals surface area (Å²) in [5.41, 5.74) is 3.34. The SMILES string of the molecule is CCOC(=O)C(c1cccc(Br)c1)c1cscn1. The summed E-state index contributed by atoms with van der Waals surface area (Å²) in [7, 11) is 0. The van der Waals surface area contributed by atoms with Crippen LogP contribution in [0, 0.1) is 0 Å². The van der Waals surface area contributed by atoms with E-state index in [1.54, 1.807) is 12.4 Å². The maximum Gasteiger partial charge on any atom is 0.319 e. The molecule has 1 aromatic heterocycles. The third-order valence-electron chi connectivity index (χ3n) is 2.45. The molecule has 94 valence electrons. The molecule has 2 rings (SSSR count). The van der Waals surface area contributed by atoms with Crippen LogP contribution in [0.5, 0.6) is 0 Å². The van der Waals surface area contributed by atoms with Crippen molar-refractivity contribution in [2.75, 3.05) is 6.61 Å². The highest BCUT2D eigenvalue weighted by Crippen LogP contribution is 2.27. The van der Waals surface area contributed by atoms with E-state index in [0.717, 1.165) is 15.7 Å². The molecule has 1 atom stereocenters. The van der Waals surface area contributed by atoms with Crippen molar-refractivity contribution in [3.8, 4) is 0 Å². The summed E-state index contributed by atoms with van der Waals surface area (Å²) in [6.07, 6.45) is 0. The Balaban J connectivity index is 2.39. The molecule has 1 aromatic carbocycles. The zero-order valence-corrected chi connectivity index (χ0v) is 12.2. The Kier molecular flexibility index (Phi) is 4.49. The largest absolute Gasteiger partial charge is 0.465 e. The van der Waals surface area contributed by atoms with Gasteiger partial charge in [-0.25, -0.2) is 4.98 Å². The van der Waals surface area contributed by atoms with Gasteiger partial charge in [0.15, 0.2) is 0 Å². The van der Waals surface area contributed by atoms with E-state index in [9.17, 15) is 4.79 Å². The Hall–Kier alpha value is -1.20. The Morgan fingerprint density at radius 3 is 3.00 bits per heavy atom. The Morgan fingerprint density at radius 1 is 1.56 bits per heavy atom. The number of halogens is 1. The number of carbonyl (C=O) groups is 1. The van der Waals surface area contributed by atoms with E-state index in [0.29, 0.717) is 6.61 Å². The van der Waals surface area contributed by atoms with Gasteiger partial charge in [0.1, 0.15) is 5.92 Å². The predicted octanol–water partition coefficient (Wildman–Crippen LogP) is 3.60. The second-order valence-corrected chi connectivity index (χ2v) is 5.29. The standard InChI is InChI=1S/C13H12BrNO2S/c1-2-17-13(16)12(11-7-18-8-15-11)9-4-3-5-10(14)6-9/h3-8,12H,2H2,1H3. The fraction of sp³-hybridized carbons (Fsp3) is 0.231. The predicted molar refractivity (Wildman–Crippen MR) is 74.7 cm³/mol. The summed E-state index contributed by atoms with van der Waals surface area (Å²) < 4.78 is 6.07. The lowest BCUT2D eigenvalue weighted by molar-refractivity contribution is -0.143. The number of hydrogen-bond donors (Lipinski definition) is 0. The number of aromatic nitrogens is 1. The second-order valence-electron chi connectivity index (χ2n) is 3.65. The Labute approximate surface area is 118 Å². The molecule has 0 amide bonds. The molecule has 3 nitrogen and oxygen atoms in total. The minimum Gasteiger partial charge on any atom is -0.465 e. The van der Waals surface area contributed by atoms with Gasteiger partial charge in [-0.15, -0.1) is 11.3 Å². The van der Waals surface area contributed by atoms with Crippen molar-refractivity contribution in [3.05, 3.63) is 50.9 Å². The van der Waals surface area contributed by atoms with E-state index in [2.05, 4.69) is 20.9 Å². The van der Waals surface area contributed by atoms with Gasteiger partial charge in [0.2, 0.25) is 0 Å². The lowest BCUT2D eigenvalue weighted by atomic mass is 9.96. The average molecular weight is 326 g/mol. The zero-order chi connectivity index (χ0) is 13.0. The van der Waals surface area contributed by atoms with Crippen LogP contribution >= 0.6 is 27.3 Å². The zero-order valence-electron chi connectivity index (χ0n) is 9.80. The van der Waals surface area contributed by atoms with Gasteiger partial charge in [0.05, 0.1) is 17.8 Å². The summed E-state index contributed by atoms with van der Waals surface area (Å²) >= 11 is 4.88. The maximum atomic E-state index is 12.1. The van der Waals surface area contributed by atoms with Gasteiger partial charge < -0.3 is 4.74 Å². The molecular weight excluding hydrogens is 314 g/mol. The van der Waals surface area contributed by atoms with Gasteiger partial charge >= 0.3 is 5.97 Å². The fourth-order valence-corrected chi connectivity index (χ4v) is 2.70. The van der Waals surface area contributed by atoms with Crippen LogP contribution in [-0.2, 0) is 9.53 Å². The molecule has 0 radical (unpaired) electrons. The first kappa shape index (κ1) is 13.2. The molecule has 0 saturated heterocycles. The molecule has 5 heteroatoms. The van der Waals surface area contributed by atoms with Crippen LogP contribution in [0.3, 0.4) is 0 Å². The quantitative estimate of drug-likeness (QED) is 0.806. The van der Waals surface area contributed by atoms with Crippen molar-refractivity contribution in [2.45, 2.75) is 12.8 Å². The average Bonchev–Trinajstić information content (AvgIpc) is 2.83. The van der Waals surface area contributed by atoms with Gasteiger partial charge in [-0.1, -0.05) is 28.1 Å². The molecular formula is C13H12BrNO2S. The van der Waals surface area contributed by atoms with Gasteiger partial charge in [-0.2, -0.15) is 0 Å². The van der Waals surface area contributed by atoms with E-state index in [4.69, 9.17) is 4.74 Å². The first-order valence-corrected chi connectivity index (χ1v) is 7.26. The molecule has 18 heavy (non-hydrogen) atoms. The second kappa shape index (κ2) is 6.11. The molecule has 0 saturated carbocycles. The minimum absolute atomic E-state index is 0.262. The first-order valence-electron chi connectivity index (χ1n) is 5.52. The summed E-state index contributed by atoms with van der Waals surface area (Å²) in [6, 6.07) is 7.65. The van der Waals surface area contributed by atoms with Crippen LogP contribution in [0.4, 0.5) is 0 Å². The molecule has 0 aliphatic carbocycles. The van der Waals surface area contributed by atoms with Crippen LogP contribution < -0.4 is 0 Å². The van der Waals surface area contributed by atoms with Crippen LogP contribution in [0.2, 0.25) is 0 Å². The summed E-state index contributed by atoms with van der Waals surface area (Å²) in [6.45, 7) is 2.17. The van der Waals surface area contributed by atoms with Gasteiger partial charge in [-0.3, -0.25) is 4.79 Å². The summed E-state index contributed by atoms with van der Waals surface area (Å²) in [5.74, 6) is -0.713. The van der Waals surface area contributed by atoms with Crippen molar-refractivity contribution in [2.24, 2.45) is 0 Å². The number of rotatable bonds is 4. The number of benzene rings is 1. The van der Waals surface area contributed by atoms with E-state index in [-0.39, 0.29) is 5.97 Å². The highest BCUT2D eigenvalue weighted by atomic mass is 79.9. The normalized spacial score (nSPS) is 12.1. The third-order valence-corrected chi connectivity index (χ3v) is 3.55. The first-order chi connectivity index (χ1) is 8.72. The molecule has 0 aliphatic rings.